The van der Waals surface area contributed by atoms with Crippen LogP contribution in [0.2, 0.25) is 0 Å². The van der Waals surface area contributed by atoms with E-state index < -0.39 is 0 Å². The molecule has 0 aliphatic carbocycles. The molecule has 0 amide bonds. The van der Waals surface area contributed by atoms with Crippen molar-refractivity contribution < 1.29 is 9.47 Å². The average Bonchev–Trinajstić information content (AvgIpc) is 3.02. The number of likely N-dealkylation sites (tertiary alicyclic amines) is 1. The number of nitrogens with zero attached hydrogens (tertiary/aromatic N) is 2. The normalized spacial score (nSPS) is 17.7. The summed E-state index contributed by atoms with van der Waals surface area (Å²) in [7, 11) is 5.67. The topological polar surface area (TPSA) is 58.1 Å². The molecule has 0 bridgehead atoms. The number of nitrogens with one attached hydrogen (secondary N) is 2. The van der Waals surface area contributed by atoms with E-state index in [1.54, 1.807) is 14.2 Å². The zero-order valence-corrected chi connectivity index (χ0v) is 18.7. The number of benzene rings is 1. The molecule has 0 aromatic heterocycles. The van der Waals surface area contributed by atoms with Crippen molar-refractivity contribution in [1.29, 1.82) is 0 Å². The lowest BCUT2D eigenvalue weighted by molar-refractivity contribution is 0.145. The zero-order valence-electron chi connectivity index (χ0n) is 16.4. The molecule has 1 saturated heterocycles. The molecule has 1 unspecified atom stereocenters. The second-order valence-corrected chi connectivity index (χ2v) is 6.54. The highest BCUT2D eigenvalue weighted by Gasteiger charge is 2.20. The maximum Gasteiger partial charge on any atom is 0.191 e. The number of guanidine groups is 1. The van der Waals surface area contributed by atoms with Gasteiger partial charge in [0.1, 0.15) is 12.4 Å². The van der Waals surface area contributed by atoms with Gasteiger partial charge >= 0.3 is 0 Å². The van der Waals surface area contributed by atoms with Gasteiger partial charge in [0.15, 0.2) is 5.96 Å². The van der Waals surface area contributed by atoms with Gasteiger partial charge in [0.25, 0.3) is 0 Å². The van der Waals surface area contributed by atoms with Gasteiger partial charge in [-0.15, -0.1) is 24.0 Å². The summed E-state index contributed by atoms with van der Waals surface area (Å²) in [5, 5.41) is 6.82. The molecule has 1 aliphatic heterocycles. The molecule has 1 heterocycles. The minimum absolute atomic E-state index is 0. The van der Waals surface area contributed by atoms with Crippen LogP contribution in [0.3, 0.4) is 0 Å². The second kappa shape index (κ2) is 12.3. The van der Waals surface area contributed by atoms with Gasteiger partial charge in [-0.1, -0.05) is 12.1 Å². The summed E-state index contributed by atoms with van der Waals surface area (Å²) in [6, 6.07) is 6.86. The van der Waals surface area contributed by atoms with Crippen molar-refractivity contribution in [1.82, 2.24) is 15.5 Å². The molecule has 2 N–H and O–H groups in total. The van der Waals surface area contributed by atoms with Crippen molar-refractivity contribution >= 4 is 29.9 Å². The predicted molar refractivity (Wildman–Crippen MR) is 118 cm³/mol. The molecule has 7 heteroatoms. The molecule has 1 aromatic carbocycles. The monoisotopic (exact) mass is 476 g/mol. The maximum atomic E-state index is 5.85. The SMILES string of the molecule is CN=C(NCc1ccc(C)cc1OCCOC)NCC1CCCN1C.I. The predicted octanol–water partition coefficient (Wildman–Crippen LogP) is 2.40. The molecule has 1 aromatic rings. The first-order valence-corrected chi connectivity index (χ1v) is 9.00. The van der Waals surface area contributed by atoms with E-state index in [-0.39, 0.29) is 24.0 Å². The van der Waals surface area contributed by atoms with Crippen LogP contribution in [0.25, 0.3) is 0 Å². The first kappa shape index (κ1) is 23.0. The number of rotatable bonds is 8. The Balaban J connectivity index is 0.00000338. The van der Waals surface area contributed by atoms with Crippen molar-refractivity contribution in [2.45, 2.75) is 32.4 Å². The molecule has 26 heavy (non-hydrogen) atoms. The van der Waals surface area contributed by atoms with Gasteiger partial charge in [-0.25, -0.2) is 0 Å². The lowest BCUT2D eigenvalue weighted by Gasteiger charge is -2.21. The first-order chi connectivity index (χ1) is 12.1. The molecule has 148 valence electrons. The van der Waals surface area contributed by atoms with Crippen molar-refractivity contribution in [2.75, 3.05) is 47.5 Å². The van der Waals surface area contributed by atoms with E-state index in [4.69, 9.17) is 9.47 Å². The van der Waals surface area contributed by atoms with Crippen LogP contribution < -0.4 is 15.4 Å². The number of ether oxygens (including phenoxy) is 2. The Kier molecular flexibility index (Phi) is 10.9. The van der Waals surface area contributed by atoms with Crippen molar-refractivity contribution in [3.8, 4) is 5.75 Å². The van der Waals surface area contributed by atoms with Gasteiger partial charge < -0.3 is 25.0 Å². The lowest BCUT2D eigenvalue weighted by Crippen LogP contribution is -2.43. The second-order valence-electron chi connectivity index (χ2n) is 6.54. The van der Waals surface area contributed by atoms with Crippen LogP contribution in [0.15, 0.2) is 23.2 Å². The van der Waals surface area contributed by atoms with Crippen molar-refractivity contribution in [3.05, 3.63) is 29.3 Å². The Bertz CT molecular complexity index is 568. The highest BCUT2D eigenvalue weighted by atomic mass is 127. The number of hydrogen-bond donors (Lipinski definition) is 2. The summed E-state index contributed by atoms with van der Waals surface area (Å²) < 4.78 is 10.9. The molecule has 6 nitrogen and oxygen atoms in total. The van der Waals surface area contributed by atoms with Crippen LogP contribution in [0.1, 0.15) is 24.0 Å². The summed E-state index contributed by atoms with van der Waals surface area (Å²) in [6.45, 7) is 5.97. The Morgan fingerprint density at radius 2 is 2.12 bits per heavy atom. The number of aryl methyl sites for hydroxylation is 1. The highest BCUT2D eigenvalue weighted by Crippen LogP contribution is 2.20. The third-order valence-corrected chi connectivity index (χ3v) is 4.61. The molecule has 0 spiro atoms. The molecule has 1 atom stereocenters. The fourth-order valence-electron chi connectivity index (χ4n) is 3.03. The van der Waals surface area contributed by atoms with E-state index in [0.29, 0.717) is 25.8 Å². The first-order valence-electron chi connectivity index (χ1n) is 9.00. The number of likely N-dealkylation sites (N-methyl/N-ethyl adjacent to an activating group) is 1. The maximum absolute atomic E-state index is 5.85. The van der Waals surface area contributed by atoms with Crippen LogP contribution in [-0.2, 0) is 11.3 Å². The number of hydrogen-bond acceptors (Lipinski definition) is 4. The minimum Gasteiger partial charge on any atom is -0.491 e. The van der Waals surface area contributed by atoms with E-state index in [0.717, 1.165) is 23.8 Å². The standard InChI is InChI=1S/C19H32N4O2.HI/c1-15-7-8-16(18(12-15)25-11-10-24-4)13-21-19(20-2)22-14-17-6-5-9-23(17)3;/h7-8,12,17H,5-6,9-11,13-14H2,1-4H3,(H2,20,21,22);1H. The lowest BCUT2D eigenvalue weighted by atomic mass is 10.1. The van der Waals surface area contributed by atoms with Gasteiger partial charge in [0, 0.05) is 38.9 Å². The van der Waals surface area contributed by atoms with Crippen LogP contribution in [0, 0.1) is 6.92 Å². The van der Waals surface area contributed by atoms with E-state index in [1.165, 1.54) is 24.9 Å². The zero-order chi connectivity index (χ0) is 18.1. The largest absolute Gasteiger partial charge is 0.491 e. The van der Waals surface area contributed by atoms with Gasteiger partial charge in [-0.05, 0) is 45.0 Å². The number of aliphatic imine (C=N–C) groups is 1. The van der Waals surface area contributed by atoms with E-state index in [9.17, 15) is 0 Å². The minimum atomic E-state index is 0. The van der Waals surface area contributed by atoms with Gasteiger partial charge in [0.2, 0.25) is 0 Å². The molecule has 1 fully saturated rings. The van der Waals surface area contributed by atoms with Crippen molar-refractivity contribution in [3.63, 3.8) is 0 Å². The van der Waals surface area contributed by atoms with Crippen LogP contribution in [0.5, 0.6) is 5.75 Å². The van der Waals surface area contributed by atoms with Gasteiger partial charge in [-0.3, -0.25) is 4.99 Å². The summed E-state index contributed by atoms with van der Waals surface area (Å²) in [6.07, 6.45) is 2.52. The molecular weight excluding hydrogens is 443 g/mol. The Morgan fingerprint density at radius 3 is 2.77 bits per heavy atom. The van der Waals surface area contributed by atoms with Crippen LogP contribution in [-0.4, -0.2) is 64.4 Å². The molecule has 0 radical (unpaired) electrons. The Hall–Kier alpha value is -1.06. The molecule has 1 aliphatic rings. The fraction of sp³-hybridized carbons (Fsp3) is 0.632. The fourth-order valence-corrected chi connectivity index (χ4v) is 3.03. The van der Waals surface area contributed by atoms with Gasteiger partial charge in [0.05, 0.1) is 6.61 Å². The molecule has 2 rings (SSSR count). The third kappa shape index (κ3) is 7.28. The van der Waals surface area contributed by atoms with Crippen LogP contribution >= 0.6 is 24.0 Å². The quantitative estimate of drug-likeness (QED) is 0.261. The summed E-state index contributed by atoms with van der Waals surface area (Å²) >= 11 is 0. The third-order valence-electron chi connectivity index (χ3n) is 4.61. The summed E-state index contributed by atoms with van der Waals surface area (Å²) in [5.74, 6) is 1.72. The highest BCUT2D eigenvalue weighted by molar-refractivity contribution is 14.0. The average molecular weight is 476 g/mol. The Labute approximate surface area is 174 Å². The van der Waals surface area contributed by atoms with Crippen LogP contribution in [0.4, 0.5) is 0 Å². The van der Waals surface area contributed by atoms with E-state index in [2.05, 4.69) is 52.7 Å². The molecular formula is C19H33IN4O2. The summed E-state index contributed by atoms with van der Waals surface area (Å²) in [4.78, 5) is 6.73. The van der Waals surface area contributed by atoms with E-state index in [1.807, 2.05) is 0 Å². The summed E-state index contributed by atoms with van der Waals surface area (Å²) in [5.41, 5.74) is 2.30. The van der Waals surface area contributed by atoms with Crippen molar-refractivity contribution in [2.24, 2.45) is 4.99 Å². The number of halogens is 1. The smallest absolute Gasteiger partial charge is 0.191 e. The molecule has 0 saturated carbocycles. The van der Waals surface area contributed by atoms with E-state index >= 15 is 0 Å². The Morgan fingerprint density at radius 1 is 1.31 bits per heavy atom. The number of methoxy groups -OCH3 is 1. The van der Waals surface area contributed by atoms with Gasteiger partial charge in [-0.2, -0.15) is 0 Å².